The van der Waals surface area contributed by atoms with Gasteiger partial charge in [-0.25, -0.2) is 0 Å². The largest absolute Gasteiger partial charge is 0.496 e. The third-order valence-electron chi connectivity index (χ3n) is 3.67. The number of hydrogen-bond donors (Lipinski definition) is 1. The third kappa shape index (κ3) is 3.48. The van der Waals surface area contributed by atoms with Gasteiger partial charge in [0, 0.05) is 12.2 Å². The fourth-order valence-corrected chi connectivity index (χ4v) is 2.70. The van der Waals surface area contributed by atoms with E-state index in [9.17, 15) is 0 Å². The number of benzene rings is 1. The van der Waals surface area contributed by atoms with Gasteiger partial charge in [-0.2, -0.15) is 0 Å². The lowest BCUT2D eigenvalue weighted by Crippen LogP contribution is -2.32. The van der Waals surface area contributed by atoms with E-state index in [1.54, 1.807) is 7.11 Å². The van der Waals surface area contributed by atoms with Crippen LogP contribution >= 0.6 is 0 Å². The molecule has 2 atom stereocenters. The number of hydrogen-bond acceptors (Lipinski definition) is 3. The summed E-state index contributed by atoms with van der Waals surface area (Å²) in [5, 5.41) is 3.62. The summed E-state index contributed by atoms with van der Waals surface area (Å²) in [6.45, 7) is 6.19. The van der Waals surface area contributed by atoms with Gasteiger partial charge in [-0.3, -0.25) is 0 Å². The summed E-state index contributed by atoms with van der Waals surface area (Å²) in [5.74, 6) is 0.953. The van der Waals surface area contributed by atoms with E-state index in [0.717, 1.165) is 38.2 Å². The van der Waals surface area contributed by atoms with Crippen molar-refractivity contribution >= 4 is 0 Å². The van der Waals surface area contributed by atoms with Crippen LogP contribution in [-0.2, 0) is 4.74 Å². The Bertz CT molecular complexity index is 400. The number of methoxy groups -OCH3 is 1. The molecule has 1 saturated heterocycles. The maximum atomic E-state index is 5.89. The highest BCUT2D eigenvalue weighted by Crippen LogP contribution is 2.33. The summed E-state index contributed by atoms with van der Waals surface area (Å²) < 4.78 is 11.4. The molecule has 1 aromatic rings. The molecule has 0 aliphatic carbocycles. The highest BCUT2D eigenvalue weighted by atomic mass is 16.5. The van der Waals surface area contributed by atoms with Gasteiger partial charge in [0.1, 0.15) is 5.75 Å². The van der Waals surface area contributed by atoms with Crippen molar-refractivity contribution in [2.75, 3.05) is 20.3 Å². The predicted molar refractivity (Wildman–Crippen MR) is 77.7 cm³/mol. The zero-order chi connectivity index (χ0) is 13.7. The molecule has 1 fully saturated rings. The molecule has 1 heterocycles. The van der Waals surface area contributed by atoms with E-state index in [0.29, 0.717) is 0 Å². The van der Waals surface area contributed by atoms with Gasteiger partial charge in [0.05, 0.1) is 19.3 Å². The lowest BCUT2D eigenvalue weighted by Gasteiger charge is -2.26. The molecule has 0 spiro atoms. The molecule has 106 valence electrons. The van der Waals surface area contributed by atoms with Gasteiger partial charge in [0.15, 0.2) is 0 Å². The second-order valence-electron chi connectivity index (χ2n) is 5.23. The maximum absolute atomic E-state index is 5.89. The molecule has 2 unspecified atom stereocenters. The quantitative estimate of drug-likeness (QED) is 0.855. The van der Waals surface area contributed by atoms with E-state index in [1.807, 2.05) is 0 Å². The molecule has 19 heavy (non-hydrogen) atoms. The SMILES string of the molecule is CCCNC(c1cc(C)ccc1OC)C1CCCO1. The van der Waals surface area contributed by atoms with Crippen molar-refractivity contribution in [1.82, 2.24) is 5.32 Å². The van der Waals surface area contributed by atoms with Crippen LogP contribution in [0.2, 0.25) is 0 Å². The lowest BCUT2D eigenvalue weighted by atomic mass is 9.96. The molecule has 0 radical (unpaired) electrons. The van der Waals surface area contributed by atoms with E-state index < -0.39 is 0 Å². The first-order valence-electron chi connectivity index (χ1n) is 7.25. The topological polar surface area (TPSA) is 30.5 Å². The number of aryl methyl sites for hydroxylation is 1. The van der Waals surface area contributed by atoms with Gasteiger partial charge in [-0.1, -0.05) is 24.6 Å². The molecular weight excluding hydrogens is 238 g/mol. The summed E-state index contributed by atoms with van der Waals surface area (Å²) in [6.07, 6.45) is 3.67. The standard InChI is InChI=1S/C16H25NO2/c1-4-9-17-16(15-6-5-10-19-15)13-11-12(2)7-8-14(13)18-3/h7-8,11,15-17H,4-6,9-10H2,1-3H3. The number of ether oxygens (including phenoxy) is 2. The molecule has 0 aromatic heterocycles. The molecule has 0 amide bonds. The zero-order valence-electron chi connectivity index (χ0n) is 12.2. The van der Waals surface area contributed by atoms with Crippen LogP contribution < -0.4 is 10.1 Å². The van der Waals surface area contributed by atoms with Crippen LogP contribution in [0.4, 0.5) is 0 Å². The summed E-state index contributed by atoms with van der Waals surface area (Å²) in [5.41, 5.74) is 2.49. The van der Waals surface area contributed by atoms with E-state index in [-0.39, 0.29) is 12.1 Å². The normalized spacial score (nSPS) is 20.5. The van der Waals surface area contributed by atoms with Gasteiger partial charge < -0.3 is 14.8 Å². The van der Waals surface area contributed by atoms with Crippen molar-refractivity contribution in [2.24, 2.45) is 0 Å². The molecule has 0 bridgehead atoms. The van der Waals surface area contributed by atoms with Crippen LogP contribution in [0.3, 0.4) is 0 Å². The Morgan fingerprint density at radius 2 is 2.32 bits per heavy atom. The van der Waals surface area contributed by atoms with Gasteiger partial charge in [-0.05, 0) is 38.8 Å². The molecule has 1 N–H and O–H groups in total. The van der Waals surface area contributed by atoms with Gasteiger partial charge >= 0.3 is 0 Å². The molecule has 2 rings (SSSR count). The van der Waals surface area contributed by atoms with E-state index in [1.165, 1.54) is 11.1 Å². The molecule has 1 aromatic carbocycles. The Hall–Kier alpha value is -1.06. The van der Waals surface area contributed by atoms with Crippen molar-refractivity contribution in [3.63, 3.8) is 0 Å². The average molecular weight is 263 g/mol. The van der Waals surface area contributed by atoms with Crippen molar-refractivity contribution < 1.29 is 9.47 Å². The molecular formula is C16H25NO2. The second-order valence-corrected chi connectivity index (χ2v) is 5.23. The summed E-state index contributed by atoms with van der Waals surface area (Å²) in [7, 11) is 1.74. The van der Waals surface area contributed by atoms with Crippen LogP contribution in [0.5, 0.6) is 5.75 Å². The van der Waals surface area contributed by atoms with Crippen LogP contribution in [-0.4, -0.2) is 26.4 Å². The van der Waals surface area contributed by atoms with E-state index in [2.05, 4.69) is 37.4 Å². The molecule has 1 aliphatic rings. The van der Waals surface area contributed by atoms with Gasteiger partial charge in [0.25, 0.3) is 0 Å². The van der Waals surface area contributed by atoms with E-state index in [4.69, 9.17) is 9.47 Å². The van der Waals surface area contributed by atoms with Crippen LogP contribution in [0.25, 0.3) is 0 Å². The Balaban J connectivity index is 2.27. The number of nitrogens with one attached hydrogen (secondary N) is 1. The van der Waals surface area contributed by atoms with Crippen LogP contribution in [0.15, 0.2) is 18.2 Å². The Kier molecular flexibility index (Phi) is 5.23. The highest BCUT2D eigenvalue weighted by Gasteiger charge is 2.28. The summed E-state index contributed by atoms with van der Waals surface area (Å²) in [4.78, 5) is 0. The highest BCUT2D eigenvalue weighted by molar-refractivity contribution is 5.39. The number of rotatable bonds is 6. The minimum Gasteiger partial charge on any atom is -0.496 e. The first-order chi connectivity index (χ1) is 9.26. The molecule has 1 aliphatic heterocycles. The average Bonchev–Trinajstić information content (AvgIpc) is 2.93. The van der Waals surface area contributed by atoms with Crippen molar-refractivity contribution in [2.45, 2.75) is 45.3 Å². The second kappa shape index (κ2) is 6.92. The lowest BCUT2D eigenvalue weighted by molar-refractivity contribution is 0.0774. The monoisotopic (exact) mass is 263 g/mol. The fraction of sp³-hybridized carbons (Fsp3) is 0.625. The fourth-order valence-electron chi connectivity index (χ4n) is 2.70. The molecule has 3 nitrogen and oxygen atoms in total. The first kappa shape index (κ1) is 14.4. The summed E-state index contributed by atoms with van der Waals surface area (Å²) >= 11 is 0. The van der Waals surface area contributed by atoms with Crippen molar-refractivity contribution in [1.29, 1.82) is 0 Å². The smallest absolute Gasteiger partial charge is 0.123 e. The van der Waals surface area contributed by atoms with E-state index >= 15 is 0 Å². The zero-order valence-corrected chi connectivity index (χ0v) is 12.2. The summed E-state index contributed by atoms with van der Waals surface area (Å²) in [6, 6.07) is 6.60. The van der Waals surface area contributed by atoms with Gasteiger partial charge in [0.2, 0.25) is 0 Å². The first-order valence-corrected chi connectivity index (χ1v) is 7.25. The maximum Gasteiger partial charge on any atom is 0.123 e. The van der Waals surface area contributed by atoms with Crippen molar-refractivity contribution in [3.8, 4) is 5.75 Å². The van der Waals surface area contributed by atoms with Gasteiger partial charge in [-0.15, -0.1) is 0 Å². The Morgan fingerprint density at radius 1 is 1.47 bits per heavy atom. The minimum atomic E-state index is 0.234. The minimum absolute atomic E-state index is 0.234. The Labute approximate surface area is 116 Å². The van der Waals surface area contributed by atoms with Crippen LogP contribution in [0.1, 0.15) is 43.4 Å². The molecule has 0 saturated carbocycles. The third-order valence-corrected chi connectivity index (χ3v) is 3.67. The van der Waals surface area contributed by atoms with Crippen LogP contribution in [0, 0.1) is 6.92 Å². The predicted octanol–water partition coefficient (Wildman–Crippen LogP) is 3.22. The van der Waals surface area contributed by atoms with Crippen molar-refractivity contribution in [3.05, 3.63) is 29.3 Å². The molecule has 3 heteroatoms. The Morgan fingerprint density at radius 3 is 2.95 bits per heavy atom.